The van der Waals surface area contributed by atoms with Crippen LogP contribution in [0.1, 0.15) is 22.8 Å². The first kappa shape index (κ1) is 8.78. The summed E-state index contributed by atoms with van der Waals surface area (Å²) in [7, 11) is 1.38. The van der Waals surface area contributed by atoms with E-state index < -0.39 is 0 Å². The van der Waals surface area contributed by atoms with Crippen LogP contribution in [-0.4, -0.2) is 13.1 Å². The molecule has 0 bridgehead atoms. The van der Waals surface area contributed by atoms with Gasteiger partial charge in [0.1, 0.15) is 0 Å². The highest BCUT2D eigenvalue weighted by Gasteiger charge is 2.02. The van der Waals surface area contributed by atoms with Gasteiger partial charge in [-0.2, -0.15) is 0 Å². The number of benzene rings is 1. The van der Waals surface area contributed by atoms with Crippen LogP contribution in [-0.2, 0) is 4.74 Å². The van der Waals surface area contributed by atoms with Gasteiger partial charge < -0.3 is 4.74 Å². The second-order valence-electron chi connectivity index (χ2n) is 2.40. The number of ether oxygens (including phenoxy) is 1. The Bertz CT molecular complexity index is 262. The molecule has 0 saturated heterocycles. The summed E-state index contributed by atoms with van der Waals surface area (Å²) < 4.78 is 4.56. The highest BCUT2D eigenvalue weighted by molar-refractivity contribution is 5.89. The van der Waals surface area contributed by atoms with E-state index >= 15 is 0 Å². The fourth-order valence-corrected chi connectivity index (χ4v) is 0.930. The maximum Gasteiger partial charge on any atom is 0.337 e. The number of methoxy groups -OCH3 is 1. The molecular formula is C10H11O2. The van der Waals surface area contributed by atoms with Crippen molar-refractivity contribution in [1.82, 2.24) is 0 Å². The van der Waals surface area contributed by atoms with Crippen LogP contribution >= 0.6 is 0 Å². The third kappa shape index (κ3) is 1.84. The van der Waals surface area contributed by atoms with Crippen molar-refractivity contribution < 1.29 is 9.53 Å². The first-order chi connectivity index (χ1) is 5.77. The van der Waals surface area contributed by atoms with Crippen molar-refractivity contribution in [3.05, 3.63) is 41.8 Å². The van der Waals surface area contributed by atoms with Gasteiger partial charge in [0.25, 0.3) is 0 Å². The molecule has 0 aromatic heterocycles. The van der Waals surface area contributed by atoms with Crippen LogP contribution in [0.15, 0.2) is 24.3 Å². The Morgan fingerprint density at radius 2 is 1.92 bits per heavy atom. The minimum absolute atomic E-state index is 0.294. The monoisotopic (exact) mass is 163 g/mol. The largest absolute Gasteiger partial charge is 0.465 e. The summed E-state index contributed by atoms with van der Waals surface area (Å²) in [4.78, 5) is 11.0. The van der Waals surface area contributed by atoms with Gasteiger partial charge in [-0.05, 0) is 24.1 Å². The first-order valence-electron chi connectivity index (χ1n) is 3.75. The van der Waals surface area contributed by atoms with E-state index in [1.54, 1.807) is 12.1 Å². The van der Waals surface area contributed by atoms with Gasteiger partial charge in [-0.15, -0.1) is 0 Å². The quantitative estimate of drug-likeness (QED) is 0.624. The Morgan fingerprint density at radius 3 is 2.33 bits per heavy atom. The number of hydrogen-bond acceptors (Lipinski definition) is 2. The Labute approximate surface area is 72.2 Å². The maximum atomic E-state index is 11.0. The van der Waals surface area contributed by atoms with E-state index in [1.165, 1.54) is 7.11 Å². The zero-order chi connectivity index (χ0) is 8.97. The molecule has 0 amide bonds. The van der Waals surface area contributed by atoms with Crippen molar-refractivity contribution in [2.24, 2.45) is 0 Å². The van der Waals surface area contributed by atoms with Crippen LogP contribution < -0.4 is 0 Å². The number of carbonyl (C=O) groups is 1. The van der Waals surface area contributed by atoms with Crippen molar-refractivity contribution >= 4 is 5.97 Å². The molecule has 0 unspecified atom stereocenters. The fraction of sp³-hybridized carbons (Fsp3) is 0.200. The molecule has 1 radical (unpaired) electrons. The second-order valence-corrected chi connectivity index (χ2v) is 2.40. The molecule has 63 valence electrons. The summed E-state index contributed by atoms with van der Waals surface area (Å²) in [6.07, 6.45) is 1.97. The lowest BCUT2D eigenvalue weighted by Gasteiger charge is -1.99. The molecule has 0 spiro atoms. The standard InChI is InChI=1S/C10H11O2/c1-3-8-4-6-9(7-5-8)10(11)12-2/h3-7H,1-2H3. The second kappa shape index (κ2) is 3.90. The summed E-state index contributed by atoms with van der Waals surface area (Å²) in [6.45, 7) is 1.95. The molecule has 0 saturated carbocycles. The van der Waals surface area contributed by atoms with E-state index in [-0.39, 0.29) is 5.97 Å². The normalized spacial score (nSPS) is 9.50. The predicted octanol–water partition coefficient (Wildman–Crippen LogP) is 2.05. The lowest BCUT2D eigenvalue weighted by molar-refractivity contribution is 0.0601. The average Bonchev–Trinajstić information content (AvgIpc) is 2.17. The van der Waals surface area contributed by atoms with Crippen LogP contribution in [0.25, 0.3) is 0 Å². The van der Waals surface area contributed by atoms with Crippen LogP contribution in [0.2, 0.25) is 0 Å². The predicted molar refractivity (Wildman–Crippen MR) is 46.9 cm³/mol. The van der Waals surface area contributed by atoms with E-state index in [1.807, 2.05) is 25.5 Å². The summed E-state index contributed by atoms with van der Waals surface area (Å²) in [6, 6.07) is 7.26. The highest BCUT2D eigenvalue weighted by Crippen LogP contribution is 2.06. The minimum Gasteiger partial charge on any atom is -0.465 e. The third-order valence-corrected chi connectivity index (χ3v) is 1.67. The van der Waals surface area contributed by atoms with Gasteiger partial charge in [0, 0.05) is 0 Å². The van der Waals surface area contributed by atoms with Crippen molar-refractivity contribution in [2.45, 2.75) is 6.92 Å². The molecule has 0 heterocycles. The average molecular weight is 163 g/mol. The molecule has 0 aliphatic carbocycles. The molecule has 0 atom stereocenters. The zero-order valence-corrected chi connectivity index (χ0v) is 7.20. The summed E-state index contributed by atoms with van der Waals surface area (Å²) in [5.74, 6) is -0.294. The molecule has 2 heteroatoms. The third-order valence-electron chi connectivity index (χ3n) is 1.67. The van der Waals surface area contributed by atoms with E-state index in [9.17, 15) is 4.79 Å². The molecule has 0 N–H and O–H groups in total. The smallest absolute Gasteiger partial charge is 0.337 e. The summed E-state index contributed by atoms with van der Waals surface area (Å²) in [5.41, 5.74) is 1.69. The van der Waals surface area contributed by atoms with E-state index in [4.69, 9.17) is 0 Å². The van der Waals surface area contributed by atoms with E-state index in [0.717, 1.165) is 5.56 Å². The Kier molecular flexibility index (Phi) is 2.86. The number of rotatable bonds is 2. The van der Waals surface area contributed by atoms with Gasteiger partial charge in [-0.1, -0.05) is 19.1 Å². The summed E-state index contributed by atoms with van der Waals surface area (Å²) >= 11 is 0. The zero-order valence-electron chi connectivity index (χ0n) is 7.20. The maximum absolute atomic E-state index is 11.0. The molecule has 0 fully saturated rings. The Balaban J connectivity index is 2.84. The van der Waals surface area contributed by atoms with Gasteiger partial charge in [0.05, 0.1) is 12.7 Å². The van der Waals surface area contributed by atoms with Crippen LogP contribution in [0, 0.1) is 6.42 Å². The van der Waals surface area contributed by atoms with Gasteiger partial charge >= 0.3 is 5.97 Å². The van der Waals surface area contributed by atoms with Crippen molar-refractivity contribution in [3.63, 3.8) is 0 Å². The molecule has 1 aromatic carbocycles. The number of esters is 1. The lowest BCUT2D eigenvalue weighted by atomic mass is 10.1. The molecular weight excluding hydrogens is 152 g/mol. The van der Waals surface area contributed by atoms with Crippen molar-refractivity contribution in [1.29, 1.82) is 0 Å². The first-order valence-corrected chi connectivity index (χ1v) is 3.75. The number of hydrogen-bond donors (Lipinski definition) is 0. The molecule has 12 heavy (non-hydrogen) atoms. The highest BCUT2D eigenvalue weighted by atomic mass is 16.5. The lowest BCUT2D eigenvalue weighted by Crippen LogP contribution is -2.00. The van der Waals surface area contributed by atoms with Gasteiger partial charge in [-0.25, -0.2) is 4.79 Å². The molecule has 0 aliphatic rings. The fourth-order valence-electron chi connectivity index (χ4n) is 0.930. The molecule has 1 aromatic rings. The van der Waals surface area contributed by atoms with Gasteiger partial charge in [-0.3, -0.25) is 0 Å². The Morgan fingerprint density at radius 1 is 1.33 bits per heavy atom. The van der Waals surface area contributed by atoms with Crippen LogP contribution in [0.3, 0.4) is 0 Å². The van der Waals surface area contributed by atoms with Crippen LogP contribution in [0.4, 0.5) is 0 Å². The summed E-state index contributed by atoms with van der Waals surface area (Å²) in [5, 5.41) is 0. The molecule has 1 rings (SSSR count). The molecule has 2 nitrogen and oxygen atoms in total. The Hall–Kier alpha value is -1.31. The van der Waals surface area contributed by atoms with Crippen molar-refractivity contribution in [2.75, 3.05) is 7.11 Å². The van der Waals surface area contributed by atoms with E-state index in [2.05, 4.69) is 4.74 Å². The molecule has 0 aliphatic heterocycles. The van der Waals surface area contributed by atoms with Gasteiger partial charge in [0.15, 0.2) is 0 Å². The van der Waals surface area contributed by atoms with Gasteiger partial charge in [0.2, 0.25) is 0 Å². The SMILES string of the molecule is C[CH]c1ccc(C(=O)OC)cc1. The minimum atomic E-state index is -0.294. The van der Waals surface area contributed by atoms with E-state index in [0.29, 0.717) is 5.56 Å². The number of carbonyl (C=O) groups excluding carboxylic acids is 1. The van der Waals surface area contributed by atoms with Crippen molar-refractivity contribution in [3.8, 4) is 0 Å². The van der Waals surface area contributed by atoms with Crippen LogP contribution in [0.5, 0.6) is 0 Å². The topological polar surface area (TPSA) is 26.3 Å².